The molecule has 0 spiro atoms. The van der Waals surface area contributed by atoms with Crippen LogP contribution in [0.5, 0.6) is 11.5 Å². The van der Waals surface area contributed by atoms with Crippen molar-refractivity contribution in [3.63, 3.8) is 0 Å². The molecule has 1 heterocycles. The second kappa shape index (κ2) is 10.7. The third-order valence-corrected chi connectivity index (χ3v) is 6.32. The van der Waals surface area contributed by atoms with Gasteiger partial charge in [-0.1, -0.05) is 17.7 Å². The lowest BCUT2D eigenvalue weighted by Gasteiger charge is -2.24. The van der Waals surface area contributed by atoms with Gasteiger partial charge in [0.05, 0.1) is 37.5 Å². The van der Waals surface area contributed by atoms with Gasteiger partial charge in [0.15, 0.2) is 0 Å². The van der Waals surface area contributed by atoms with E-state index in [1.54, 1.807) is 13.2 Å². The average molecular weight is 515 g/mol. The van der Waals surface area contributed by atoms with Gasteiger partial charge in [0, 0.05) is 30.3 Å². The highest BCUT2D eigenvalue weighted by Gasteiger charge is 2.39. The molecule has 2 aromatic rings. The molecule has 0 aliphatic carbocycles. The Labute approximate surface area is 206 Å². The fourth-order valence-electron chi connectivity index (χ4n) is 4.28. The molecule has 0 bridgehead atoms. The Morgan fingerprint density at radius 2 is 1.86 bits per heavy atom. The van der Waals surface area contributed by atoms with Gasteiger partial charge in [0.25, 0.3) is 5.91 Å². The average Bonchev–Trinajstić information content (AvgIpc) is 3.20. The highest BCUT2D eigenvalue weighted by molar-refractivity contribution is 6.33. The first-order valence-electron chi connectivity index (χ1n) is 10.7. The molecule has 3 rings (SSSR count). The number of alkyl halides is 3. The second-order valence-electron chi connectivity index (χ2n) is 8.15. The van der Waals surface area contributed by atoms with Gasteiger partial charge >= 0.3 is 12.1 Å². The van der Waals surface area contributed by atoms with Gasteiger partial charge in [-0.3, -0.25) is 14.5 Å². The second-order valence-corrected chi connectivity index (χ2v) is 8.56. The van der Waals surface area contributed by atoms with Crippen LogP contribution in [-0.4, -0.2) is 56.7 Å². The van der Waals surface area contributed by atoms with Crippen LogP contribution in [0.4, 0.5) is 13.2 Å². The molecular formula is C24H26ClF3N2O5. The maximum Gasteiger partial charge on any atom is 0.416 e. The van der Waals surface area contributed by atoms with Gasteiger partial charge in [0.2, 0.25) is 0 Å². The lowest BCUT2D eigenvalue weighted by Crippen LogP contribution is -2.38. The summed E-state index contributed by atoms with van der Waals surface area (Å²) in [5.74, 6) is 0.0216. The Morgan fingerprint density at radius 3 is 2.46 bits per heavy atom. The predicted octanol–water partition coefficient (Wildman–Crippen LogP) is 4.23. The largest absolute Gasteiger partial charge is 0.496 e. The molecule has 190 valence electrons. The monoisotopic (exact) mass is 514 g/mol. The lowest BCUT2D eigenvalue weighted by atomic mass is 10.1. The number of methoxy groups -OCH3 is 3. The summed E-state index contributed by atoms with van der Waals surface area (Å²) >= 11 is 6.00. The third kappa shape index (κ3) is 5.82. The summed E-state index contributed by atoms with van der Waals surface area (Å²) in [5.41, 5.74) is 0.328. The minimum atomic E-state index is -4.62. The molecule has 0 radical (unpaired) electrons. The van der Waals surface area contributed by atoms with Gasteiger partial charge in [-0.05, 0) is 37.6 Å². The zero-order valence-electron chi connectivity index (χ0n) is 19.7. The van der Waals surface area contributed by atoms with E-state index in [1.165, 1.54) is 14.2 Å². The number of esters is 1. The summed E-state index contributed by atoms with van der Waals surface area (Å²) in [7, 11) is 4.36. The molecule has 1 fully saturated rings. The number of hydrogen-bond acceptors (Lipinski definition) is 6. The number of nitrogens with zero attached hydrogens (tertiary/aromatic N) is 1. The molecule has 2 atom stereocenters. The molecule has 0 saturated carbocycles. The topological polar surface area (TPSA) is 77.1 Å². The van der Waals surface area contributed by atoms with E-state index in [0.717, 1.165) is 23.3 Å². The minimum absolute atomic E-state index is 0.103. The van der Waals surface area contributed by atoms with Gasteiger partial charge in [-0.25, -0.2) is 0 Å². The van der Waals surface area contributed by atoms with E-state index in [0.29, 0.717) is 24.1 Å². The van der Waals surface area contributed by atoms with Gasteiger partial charge in [-0.15, -0.1) is 0 Å². The van der Waals surface area contributed by atoms with Crippen LogP contribution in [0.2, 0.25) is 5.02 Å². The molecule has 1 N–H and O–H groups in total. The number of carbonyl (C=O) groups excluding carboxylic acids is 2. The third-order valence-electron chi connectivity index (χ3n) is 5.99. The molecule has 1 saturated heterocycles. The molecule has 1 aliphatic heterocycles. The molecule has 2 aromatic carbocycles. The number of halogens is 4. The Morgan fingerprint density at radius 1 is 1.14 bits per heavy atom. The van der Waals surface area contributed by atoms with Crippen molar-refractivity contribution in [2.24, 2.45) is 0 Å². The smallest absolute Gasteiger partial charge is 0.416 e. The predicted molar refractivity (Wildman–Crippen MR) is 123 cm³/mol. The molecule has 11 heteroatoms. The maximum atomic E-state index is 13.1. The van der Waals surface area contributed by atoms with Gasteiger partial charge in [0.1, 0.15) is 17.5 Å². The Kier molecular flexibility index (Phi) is 8.17. The zero-order chi connectivity index (χ0) is 25.9. The zero-order valence-corrected chi connectivity index (χ0v) is 20.4. The van der Waals surface area contributed by atoms with Crippen LogP contribution in [-0.2, 0) is 22.3 Å². The van der Waals surface area contributed by atoms with E-state index >= 15 is 0 Å². The van der Waals surface area contributed by atoms with E-state index < -0.39 is 35.7 Å². The van der Waals surface area contributed by atoms with Gasteiger partial charge < -0.3 is 19.5 Å². The Bertz CT molecular complexity index is 1110. The minimum Gasteiger partial charge on any atom is -0.496 e. The molecule has 35 heavy (non-hydrogen) atoms. The van der Waals surface area contributed by atoms with Crippen molar-refractivity contribution < 1.29 is 37.0 Å². The first kappa shape index (κ1) is 26.6. The van der Waals surface area contributed by atoms with Crippen molar-refractivity contribution >= 4 is 23.5 Å². The van der Waals surface area contributed by atoms with Crippen LogP contribution < -0.4 is 14.8 Å². The Hall–Kier alpha value is -2.98. The van der Waals surface area contributed by atoms with E-state index in [1.807, 2.05) is 17.9 Å². The first-order chi connectivity index (χ1) is 16.5. The van der Waals surface area contributed by atoms with Gasteiger partial charge in [-0.2, -0.15) is 13.2 Å². The fraction of sp³-hybridized carbons (Fsp3) is 0.417. The number of nitrogens with one attached hydrogen (secondary N) is 1. The Balaban J connectivity index is 1.82. The number of carbonyl (C=O) groups is 2. The van der Waals surface area contributed by atoms with Crippen LogP contribution in [0.25, 0.3) is 0 Å². The standard InChI is InChI=1S/C24H26ClF3N2O5/c1-13-20(33-2)8-5-14(21(13)34-3)11-30-12-16(10-19(30)23(32)35-4)29-22(31)17-9-15(24(26,27)28)6-7-18(17)25/h5-9,16,19H,10-12H2,1-4H3,(H,29,31)/t16-,19-/m0/s1. The SMILES string of the molecule is COC(=O)[C@@H]1C[C@H](NC(=O)c2cc(C(F)(F)F)ccc2Cl)CN1Cc1ccc(OC)c(C)c1OC. The molecule has 0 unspecified atom stereocenters. The van der Waals surface area contributed by atoms with E-state index in [-0.39, 0.29) is 23.6 Å². The highest BCUT2D eigenvalue weighted by Crippen LogP contribution is 2.34. The number of likely N-dealkylation sites (tertiary alicyclic amines) is 1. The van der Waals surface area contributed by atoms with Crippen molar-refractivity contribution in [3.8, 4) is 11.5 Å². The number of rotatable bonds is 7. The first-order valence-corrected chi connectivity index (χ1v) is 11.1. The highest BCUT2D eigenvalue weighted by atomic mass is 35.5. The van der Waals surface area contributed by atoms with Crippen molar-refractivity contribution in [2.75, 3.05) is 27.9 Å². The van der Waals surface area contributed by atoms with E-state index in [9.17, 15) is 22.8 Å². The van der Waals surface area contributed by atoms with Crippen LogP contribution in [0.15, 0.2) is 30.3 Å². The summed E-state index contributed by atoms with van der Waals surface area (Å²) < 4.78 is 55.1. The normalized spacial score (nSPS) is 18.3. The molecule has 7 nitrogen and oxygen atoms in total. The van der Waals surface area contributed by atoms with Crippen LogP contribution in [0, 0.1) is 6.92 Å². The number of amides is 1. The molecule has 1 aliphatic rings. The lowest BCUT2D eigenvalue weighted by molar-refractivity contribution is -0.146. The fourth-order valence-corrected chi connectivity index (χ4v) is 4.48. The van der Waals surface area contributed by atoms with E-state index in [2.05, 4.69) is 5.32 Å². The van der Waals surface area contributed by atoms with Crippen LogP contribution >= 0.6 is 11.6 Å². The summed E-state index contributed by atoms with van der Waals surface area (Å²) in [4.78, 5) is 27.1. The quantitative estimate of drug-likeness (QED) is 0.557. The number of ether oxygens (including phenoxy) is 3. The summed E-state index contributed by atoms with van der Waals surface area (Å²) in [6.07, 6.45) is -4.40. The van der Waals surface area contributed by atoms with Crippen LogP contribution in [0.3, 0.4) is 0 Å². The van der Waals surface area contributed by atoms with Crippen molar-refractivity contribution in [3.05, 3.63) is 57.6 Å². The summed E-state index contributed by atoms with van der Waals surface area (Å²) in [5, 5.41) is 2.60. The number of hydrogen-bond donors (Lipinski definition) is 1. The van der Waals surface area contributed by atoms with Crippen molar-refractivity contribution in [1.29, 1.82) is 0 Å². The maximum absolute atomic E-state index is 13.1. The molecule has 0 aromatic heterocycles. The van der Waals surface area contributed by atoms with Crippen LogP contribution in [0.1, 0.15) is 33.5 Å². The van der Waals surface area contributed by atoms with Crippen molar-refractivity contribution in [2.45, 2.75) is 38.1 Å². The van der Waals surface area contributed by atoms with E-state index in [4.69, 9.17) is 25.8 Å². The molecular weight excluding hydrogens is 489 g/mol. The molecule has 1 amide bonds. The number of benzene rings is 2. The summed E-state index contributed by atoms with van der Waals surface area (Å²) in [6.45, 7) is 2.42. The summed E-state index contributed by atoms with van der Waals surface area (Å²) in [6, 6.07) is 4.99. The van der Waals surface area contributed by atoms with Crippen molar-refractivity contribution in [1.82, 2.24) is 10.2 Å².